The first-order chi connectivity index (χ1) is 7.31. The van der Waals surface area contributed by atoms with Crippen LogP contribution in [0.5, 0.6) is 0 Å². The van der Waals surface area contributed by atoms with Crippen LogP contribution in [0.4, 0.5) is 0 Å². The quantitative estimate of drug-likeness (QED) is 0.827. The second kappa shape index (κ2) is 4.81. The van der Waals surface area contributed by atoms with Crippen LogP contribution in [0.2, 0.25) is 0 Å². The van der Waals surface area contributed by atoms with Gasteiger partial charge in [0.25, 0.3) is 0 Å². The third kappa shape index (κ3) is 2.41. The summed E-state index contributed by atoms with van der Waals surface area (Å²) >= 11 is 0. The van der Waals surface area contributed by atoms with Gasteiger partial charge in [-0.05, 0) is 45.0 Å². The Bertz CT molecular complexity index is 302. The van der Waals surface area contributed by atoms with E-state index in [4.69, 9.17) is 10.2 Å². The highest BCUT2D eigenvalue weighted by atomic mass is 16.3. The number of furan rings is 1. The minimum atomic E-state index is 0.277. The molecule has 0 aromatic carbocycles. The number of piperidine rings is 1. The smallest absolute Gasteiger partial charge is 0.122 e. The Morgan fingerprint density at radius 1 is 1.33 bits per heavy atom. The Kier molecular flexibility index (Phi) is 3.44. The van der Waals surface area contributed by atoms with Crippen LogP contribution in [0.3, 0.4) is 0 Å². The lowest BCUT2D eigenvalue weighted by molar-refractivity contribution is 0.149. The molecule has 3 nitrogen and oxygen atoms in total. The lowest BCUT2D eigenvalue weighted by Gasteiger charge is -2.32. The molecule has 1 aliphatic rings. The molecule has 2 heterocycles. The van der Waals surface area contributed by atoms with Gasteiger partial charge in [-0.3, -0.25) is 4.90 Å². The predicted octanol–water partition coefficient (Wildman–Crippen LogP) is 2.07. The van der Waals surface area contributed by atoms with Crippen molar-refractivity contribution in [2.24, 2.45) is 5.73 Å². The van der Waals surface area contributed by atoms with Crippen LogP contribution in [-0.2, 0) is 0 Å². The summed E-state index contributed by atoms with van der Waals surface area (Å²) in [6.07, 6.45) is 3.93. The standard InChI is InChI=1S/C12H20N2O/c1-10-5-6-12(15-10)11(9-13)14-7-3-2-4-8-14/h5-6,11H,2-4,7-9,13H2,1H3. The number of hydrogen-bond donors (Lipinski definition) is 1. The first-order valence-electron chi connectivity index (χ1n) is 5.81. The topological polar surface area (TPSA) is 42.4 Å². The first kappa shape index (κ1) is 10.7. The third-order valence-electron chi connectivity index (χ3n) is 3.14. The van der Waals surface area contributed by atoms with Crippen molar-refractivity contribution < 1.29 is 4.42 Å². The molecule has 1 saturated heterocycles. The Labute approximate surface area is 91.2 Å². The molecule has 0 aliphatic carbocycles. The lowest BCUT2D eigenvalue weighted by atomic mass is 10.1. The number of likely N-dealkylation sites (tertiary alicyclic amines) is 1. The first-order valence-corrected chi connectivity index (χ1v) is 5.81. The van der Waals surface area contributed by atoms with E-state index in [9.17, 15) is 0 Å². The van der Waals surface area contributed by atoms with Crippen molar-refractivity contribution in [2.75, 3.05) is 19.6 Å². The van der Waals surface area contributed by atoms with Crippen molar-refractivity contribution in [3.63, 3.8) is 0 Å². The summed E-state index contributed by atoms with van der Waals surface area (Å²) in [6.45, 7) is 4.93. The molecule has 0 spiro atoms. The highest BCUT2D eigenvalue weighted by Crippen LogP contribution is 2.24. The van der Waals surface area contributed by atoms with Crippen LogP contribution in [0.25, 0.3) is 0 Å². The monoisotopic (exact) mass is 208 g/mol. The highest BCUT2D eigenvalue weighted by Gasteiger charge is 2.23. The number of nitrogens with zero attached hydrogens (tertiary/aromatic N) is 1. The minimum absolute atomic E-state index is 0.277. The summed E-state index contributed by atoms with van der Waals surface area (Å²) in [5.41, 5.74) is 5.84. The van der Waals surface area contributed by atoms with Gasteiger partial charge in [0.05, 0.1) is 6.04 Å². The fourth-order valence-corrected chi connectivity index (χ4v) is 2.31. The van der Waals surface area contributed by atoms with Gasteiger partial charge in [-0.15, -0.1) is 0 Å². The molecule has 15 heavy (non-hydrogen) atoms. The van der Waals surface area contributed by atoms with Gasteiger partial charge in [-0.1, -0.05) is 6.42 Å². The van der Waals surface area contributed by atoms with Gasteiger partial charge in [0.1, 0.15) is 11.5 Å². The van der Waals surface area contributed by atoms with Crippen LogP contribution >= 0.6 is 0 Å². The molecular weight excluding hydrogens is 188 g/mol. The molecule has 0 amide bonds. The van der Waals surface area contributed by atoms with E-state index in [0.717, 1.165) is 24.6 Å². The van der Waals surface area contributed by atoms with Crippen molar-refractivity contribution in [1.29, 1.82) is 0 Å². The molecule has 2 rings (SSSR count). The molecule has 0 radical (unpaired) electrons. The van der Waals surface area contributed by atoms with Gasteiger partial charge < -0.3 is 10.2 Å². The maximum atomic E-state index is 5.84. The summed E-state index contributed by atoms with van der Waals surface area (Å²) in [4.78, 5) is 2.45. The van der Waals surface area contributed by atoms with E-state index in [1.807, 2.05) is 13.0 Å². The minimum Gasteiger partial charge on any atom is -0.465 e. The maximum absolute atomic E-state index is 5.84. The molecule has 1 unspecified atom stereocenters. The Morgan fingerprint density at radius 2 is 2.07 bits per heavy atom. The fraction of sp³-hybridized carbons (Fsp3) is 0.667. The molecule has 1 aromatic rings. The largest absolute Gasteiger partial charge is 0.465 e. The predicted molar refractivity (Wildman–Crippen MR) is 60.7 cm³/mol. The summed E-state index contributed by atoms with van der Waals surface area (Å²) < 4.78 is 5.67. The lowest BCUT2D eigenvalue weighted by Crippen LogP contribution is -2.37. The van der Waals surface area contributed by atoms with Gasteiger partial charge in [-0.25, -0.2) is 0 Å². The molecule has 2 N–H and O–H groups in total. The van der Waals surface area contributed by atoms with Crippen LogP contribution in [0.15, 0.2) is 16.5 Å². The second-order valence-electron chi connectivity index (χ2n) is 4.30. The van der Waals surface area contributed by atoms with Crippen molar-refractivity contribution >= 4 is 0 Å². The Balaban J connectivity index is 2.08. The van der Waals surface area contributed by atoms with Crippen molar-refractivity contribution in [2.45, 2.75) is 32.2 Å². The number of aryl methyl sites for hydroxylation is 1. The summed E-state index contributed by atoms with van der Waals surface area (Å²) in [5.74, 6) is 2.00. The van der Waals surface area contributed by atoms with Gasteiger partial charge in [0.2, 0.25) is 0 Å². The van der Waals surface area contributed by atoms with Crippen LogP contribution < -0.4 is 5.73 Å². The number of nitrogens with two attached hydrogens (primary N) is 1. The molecule has 1 aromatic heterocycles. The van der Waals surface area contributed by atoms with E-state index in [2.05, 4.69) is 11.0 Å². The molecular formula is C12H20N2O. The zero-order valence-corrected chi connectivity index (χ0v) is 9.41. The highest BCUT2D eigenvalue weighted by molar-refractivity contribution is 5.10. The molecule has 1 fully saturated rings. The zero-order chi connectivity index (χ0) is 10.7. The second-order valence-corrected chi connectivity index (χ2v) is 4.30. The van der Waals surface area contributed by atoms with Crippen molar-refractivity contribution in [3.05, 3.63) is 23.7 Å². The average Bonchev–Trinajstić information content (AvgIpc) is 2.68. The number of rotatable bonds is 3. The number of hydrogen-bond acceptors (Lipinski definition) is 3. The fourth-order valence-electron chi connectivity index (χ4n) is 2.31. The van der Waals surface area contributed by atoms with Crippen molar-refractivity contribution in [1.82, 2.24) is 4.90 Å². The summed E-state index contributed by atoms with van der Waals surface area (Å²) in [5, 5.41) is 0. The van der Waals surface area contributed by atoms with E-state index < -0.39 is 0 Å². The Hall–Kier alpha value is -0.800. The normalized spacial score (nSPS) is 20.4. The molecule has 84 valence electrons. The van der Waals surface area contributed by atoms with Crippen LogP contribution in [0.1, 0.15) is 36.8 Å². The zero-order valence-electron chi connectivity index (χ0n) is 9.41. The van der Waals surface area contributed by atoms with Crippen LogP contribution in [0, 0.1) is 6.92 Å². The van der Waals surface area contributed by atoms with E-state index in [-0.39, 0.29) is 6.04 Å². The molecule has 0 saturated carbocycles. The molecule has 0 bridgehead atoms. The van der Waals surface area contributed by atoms with E-state index in [1.54, 1.807) is 0 Å². The SMILES string of the molecule is Cc1ccc(C(CN)N2CCCCC2)o1. The molecule has 3 heteroatoms. The summed E-state index contributed by atoms with van der Waals surface area (Å²) in [7, 11) is 0. The van der Waals surface area contributed by atoms with E-state index in [1.165, 1.54) is 19.3 Å². The molecule has 1 aliphatic heterocycles. The van der Waals surface area contributed by atoms with Crippen LogP contribution in [-0.4, -0.2) is 24.5 Å². The summed E-state index contributed by atoms with van der Waals surface area (Å²) in [6, 6.07) is 4.35. The van der Waals surface area contributed by atoms with E-state index in [0.29, 0.717) is 6.54 Å². The third-order valence-corrected chi connectivity index (χ3v) is 3.14. The molecule has 1 atom stereocenters. The van der Waals surface area contributed by atoms with E-state index >= 15 is 0 Å². The maximum Gasteiger partial charge on any atom is 0.122 e. The van der Waals surface area contributed by atoms with Gasteiger partial charge >= 0.3 is 0 Å². The van der Waals surface area contributed by atoms with Gasteiger partial charge in [0.15, 0.2) is 0 Å². The Morgan fingerprint density at radius 3 is 2.60 bits per heavy atom. The average molecular weight is 208 g/mol. The van der Waals surface area contributed by atoms with Gasteiger partial charge in [-0.2, -0.15) is 0 Å². The van der Waals surface area contributed by atoms with Crippen molar-refractivity contribution in [3.8, 4) is 0 Å². The van der Waals surface area contributed by atoms with Gasteiger partial charge in [0, 0.05) is 6.54 Å².